The third-order valence-electron chi connectivity index (χ3n) is 2.48. The van der Waals surface area contributed by atoms with Crippen molar-refractivity contribution in [3.63, 3.8) is 0 Å². The number of hydrogen-bond donors (Lipinski definition) is 1. The second-order valence-electron chi connectivity index (χ2n) is 3.78. The van der Waals surface area contributed by atoms with Crippen molar-refractivity contribution in [3.8, 4) is 0 Å². The third-order valence-corrected chi connectivity index (χ3v) is 5.00. The summed E-state index contributed by atoms with van der Waals surface area (Å²) in [5.74, 6) is 0.180. The van der Waals surface area contributed by atoms with E-state index in [-0.39, 0.29) is 5.78 Å². The Morgan fingerprint density at radius 1 is 0.812 bits per heavy atom. The molecule has 0 radical (unpaired) electrons. The topological polar surface area (TPSA) is 26.0 Å². The highest BCUT2D eigenvalue weighted by Crippen LogP contribution is 2.36. The van der Waals surface area contributed by atoms with E-state index in [0.29, 0.717) is 0 Å². The molecule has 2 aromatic rings. The molecule has 0 unspecified atom stereocenters. The van der Waals surface area contributed by atoms with Crippen LogP contribution in [0.2, 0.25) is 0 Å². The van der Waals surface area contributed by atoms with Crippen LogP contribution in [-0.4, -0.2) is 5.78 Å². The molecule has 2 rings (SSSR count). The Labute approximate surface area is 98.1 Å². The second kappa shape index (κ2) is 5.25. The van der Waals surface area contributed by atoms with Gasteiger partial charge >= 0.3 is 0 Å². The minimum Gasteiger partial charge on any atom is -0.324 e. The van der Waals surface area contributed by atoms with E-state index in [2.05, 4.69) is 55.5 Å². The van der Waals surface area contributed by atoms with Gasteiger partial charge in [-0.15, -0.1) is 0 Å². The van der Waals surface area contributed by atoms with Crippen LogP contribution in [0.15, 0.2) is 60.7 Å². The van der Waals surface area contributed by atoms with Crippen molar-refractivity contribution >= 4 is 18.5 Å². The van der Waals surface area contributed by atoms with Crippen molar-refractivity contribution < 1.29 is 0 Å². The molecule has 0 aliphatic heterocycles. The predicted molar refractivity (Wildman–Crippen MR) is 72.7 cm³/mol. The summed E-state index contributed by atoms with van der Waals surface area (Å²) in [5.41, 5.74) is 6.13. The first-order valence-electron chi connectivity index (χ1n) is 5.44. The molecule has 2 aromatic carbocycles. The lowest BCUT2D eigenvalue weighted by atomic mass is 10.4. The maximum absolute atomic E-state index is 6.13. The van der Waals surface area contributed by atoms with E-state index in [1.54, 1.807) is 0 Å². The summed E-state index contributed by atoms with van der Waals surface area (Å²) >= 11 is 0. The van der Waals surface area contributed by atoms with Crippen molar-refractivity contribution in [1.29, 1.82) is 0 Å². The van der Waals surface area contributed by atoms with Crippen molar-refractivity contribution in [1.82, 2.24) is 0 Å². The van der Waals surface area contributed by atoms with Crippen molar-refractivity contribution in [2.75, 3.05) is 0 Å². The molecule has 1 atom stereocenters. The zero-order chi connectivity index (χ0) is 11.4. The van der Waals surface area contributed by atoms with Gasteiger partial charge < -0.3 is 5.73 Å². The predicted octanol–water partition coefficient (Wildman–Crippen LogP) is 2.42. The zero-order valence-corrected chi connectivity index (χ0v) is 10.3. The fraction of sp³-hybridized carbons (Fsp3) is 0.143. The second-order valence-corrected chi connectivity index (χ2v) is 6.37. The molecule has 0 aliphatic rings. The van der Waals surface area contributed by atoms with Gasteiger partial charge in [-0.1, -0.05) is 60.7 Å². The van der Waals surface area contributed by atoms with Crippen LogP contribution in [0.4, 0.5) is 0 Å². The Morgan fingerprint density at radius 3 is 1.50 bits per heavy atom. The van der Waals surface area contributed by atoms with Crippen LogP contribution >= 0.6 is 7.92 Å². The van der Waals surface area contributed by atoms with Crippen LogP contribution in [-0.2, 0) is 0 Å². The highest BCUT2D eigenvalue weighted by Gasteiger charge is 2.16. The molecular formula is C14H16NP. The lowest BCUT2D eigenvalue weighted by Gasteiger charge is -2.22. The smallest absolute Gasteiger partial charge is 0.0296 e. The van der Waals surface area contributed by atoms with E-state index in [4.69, 9.17) is 5.73 Å². The molecule has 2 heteroatoms. The molecule has 0 heterocycles. The summed E-state index contributed by atoms with van der Waals surface area (Å²) in [5, 5.41) is 2.69. The number of nitrogens with two attached hydrogens (primary N) is 1. The van der Waals surface area contributed by atoms with Gasteiger partial charge in [0, 0.05) is 5.78 Å². The molecule has 82 valence electrons. The number of rotatable bonds is 3. The Morgan fingerprint density at radius 2 is 1.19 bits per heavy atom. The molecule has 0 bridgehead atoms. The average Bonchev–Trinajstić information content (AvgIpc) is 2.31. The molecule has 0 saturated carbocycles. The molecule has 0 aliphatic carbocycles. The van der Waals surface area contributed by atoms with Gasteiger partial charge in [-0.05, 0) is 25.5 Å². The van der Waals surface area contributed by atoms with Gasteiger partial charge in [0.2, 0.25) is 0 Å². The lowest BCUT2D eigenvalue weighted by molar-refractivity contribution is 1.04. The monoisotopic (exact) mass is 229 g/mol. The van der Waals surface area contributed by atoms with Crippen LogP contribution in [0, 0.1) is 0 Å². The summed E-state index contributed by atoms with van der Waals surface area (Å²) in [6, 6.07) is 21.1. The highest BCUT2D eigenvalue weighted by molar-refractivity contribution is 7.73. The SMILES string of the molecule is C[C@H](N)P(c1ccccc1)c1ccccc1. The van der Waals surface area contributed by atoms with Crippen LogP contribution < -0.4 is 16.3 Å². The molecule has 0 fully saturated rings. The fourth-order valence-corrected chi connectivity index (χ4v) is 4.02. The van der Waals surface area contributed by atoms with E-state index in [1.165, 1.54) is 10.6 Å². The van der Waals surface area contributed by atoms with Crippen LogP contribution in [0.3, 0.4) is 0 Å². The highest BCUT2D eigenvalue weighted by atomic mass is 31.1. The number of hydrogen-bond acceptors (Lipinski definition) is 1. The van der Waals surface area contributed by atoms with Gasteiger partial charge in [0.15, 0.2) is 0 Å². The standard InChI is InChI=1S/C14H16NP/c1-12(15)16(13-8-4-2-5-9-13)14-10-6-3-7-11-14/h2-12H,15H2,1H3/t12-/m1/s1. The first-order chi connectivity index (χ1) is 7.79. The lowest BCUT2D eigenvalue weighted by Crippen LogP contribution is -2.25. The Balaban J connectivity index is 2.40. The van der Waals surface area contributed by atoms with Crippen molar-refractivity contribution in [3.05, 3.63) is 60.7 Å². The Kier molecular flexibility index (Phi) is 3.71. The first-order valence-corrected chi connectivity index (χ1v) is 6.85. The molecule has 0 saturated heterocycles. The van der Waals surface area contributed by atoms with E-state index >= 15 is 0 Å². The van der Waals surface area contributed by atoms with E-state index < -0.39 is 7.92 Å². The summed E-state index contributed by atoms with van der Waals surface area (Å²) < 4.78 is 0. The summed E-state index contributed by atoms with van der Waals surface area (Å²) in [4.78, 5) is 0. The first kappa shape index (κ1) is 11.3. The van der Waals surface area contributed by atoms with Gasteiger partial charge in [0.25, 0.3) is 0 Å². The van der Waals surface area contributed by atoms with E-state index in [9.17, 15) is 0 Å². The van der Waals surface area contributed by atoms with Crippen molar-refractivity contribution in [2.24, 2.45) is 5.73 Å². The van der Waals surface area contributed by atoms with Crippen LogP contribution in [0.1, 0.15) is 6.92 Å². The quantitative estimate of drug-likeness (QED) is 0.804. The Bertz CT molecular complexity index is 386. The summed E-state index contributed by atoms with van der Waals surface area (Å²) in [6.07, 6.45) is 0. The molecule has 0 spiro atoms. The van der Waals surface area contributed by atoms with Crippen LogP contribution in [0.25, 0.3) is 0 Å². The Hall–Kier alpha value is -1.17. The van der Waals surface area contributed by atoms with E-state index in [0.717, 1.165) is 0 Å². The number of benzene rings is 2. The van der Waals surface area contributed by atoms with Gasteiger partial charge in [-0.2, -0.15) is 0 Å². The maximum atomic E-state index is 6.13. The molecule has 1 nitrogen and oxygen atoms in total. The van der Waals surface area contributed by atoms with Gasteiger partial charge in [-0.3, -0.25) is 0 Å². The molecule has 0 aromatic heterocycles. The fourth-order valence-electron chi connectivity index (χ4n) is 1.80. The van der Waals surface area contributed by atoms with Crippen LogP contribution in [0.5, 0.6) is 0 Å². The van der Waals surface area contributed by atoms with Gasteiger partial charge in [-0.25, -0.2) is 0 Å². The minimum atomic E-state index is -0.432. The molecule has 2 N–H and O–H groups in total. The molecular weight excluding hydrogens is 213 g/mol. The largest absolute Gasteiger partial charge is 0.324 e. The molecule has 0 amide bonds. The normalized spacial score (nSPS) is 12.7. The van der Waals surface area contributed by atoms with Gasteiger partial charge in [0.1, 0.15) is 0 Å². The molecule has 16 heavy (non-hydrogen) atoms. The summed E-state index contributed by atoms with van der Waals surface area (Å²) in [6.45, 7) is 2.09. The third kappa shape index (κ3) is 2.49. The maximum Gasteiger partial charge on any atom is 0.0296 e. The van der Waals surface area contributed by atoms with Crippen molar-refractivity contribution in [2.45, 2.75) is 12.7 Å². The van der Waals surface area contributed by atoms with Gasteiger partial charge in [0.05, 0.1) is 0 Å². The van der Waals surface area contributed by atoms with E-state index in [1.807, 2.05) is 12.1 Å². The zero-order valence-electron chi connectivity index (χ0n) is 9.38. The average molecular weight is 229 g/mol. The minimum absolute atomic E-state index is 0.180. The summed E-state index contributed by atoms with van der Waals surface area (Å²) in [7, 11) is -0.432.